The van der Waals surface area contributed by atoms with Crippen molar-refractivity contribution in [1.29, 1.82) is 0 Å². The molecule has 1 amide bonds. The van der Waals surface area contributed by atoms with Crippen LogP contribution in [-0.4, -0.2) is 5.91 Å². The van der Waals surface area contributed by atoms with Gasteiger partial charge in [-0.05, 0) is 59.3 Å². The molecule has 1 aromatic carbocycles. The maximum Gasteiger partial charge on any atom is 0.224 e. The van der Waals surface area contributed by atoms with E-state index in [0.717, 1.165) is 21.8 Å². The van der Waals surface area contributed by atoms with Crippen LogP contribution in [0.5, 0.6) is 0 Å². The third-order valence-electron chi connectivity index (χ3n) is 2.89. The van der Waals surface area contributed by atoms with E-state index in [9.17, 15) is 4.79 Å². The van der Waals surface area contributed by atoms with Crippen molar-refractivity contribution < 1.29 is 9.21 Å². The summed E-state index contributed by atoms with van der Waals surface area (Å²) in [6.07, 6.45) is 0.477. The van der Waals surface area contributed by atoms with Crippen LogP contribution in [0.25, 0.3) is 0 Å². The predicted octanol–water partition coefficient (Wildman–Crippen LogP) is 4.56. The van der Waals surface area contributed by atoms with E-state index in [1.54, 1.807) is 0 Å². The maximum absolute atomic E-state index is 11.3. The molecular weight excluding hydrogens is 320 g/mol. The Kier molecular flexibility index (Phi) is 4.84. The number of furan rings is 1. The Balaban J connectivity index is 1.98. The molecule has 0 aliphatic carbocycles. The summed E-state index contributed by atoms with van der Waals surface area (Å²) in [7, 11) is 0. The SMILES string of the molecule is CCC(=O)Nc1ccc(NC(C)c2ccc(Br)o2)cc1. The lowest BCUT2D eigenvalue weighted by atomic mass is 10.2. The molecule has 0 radical (unpaired) electrons. The second kappa shape index (κ2) is 6.61. The van der Waals surface area contributed by atoms with Crippen LogP contribution in [0.1, 0.15) is 32.1 Å². The molecule has 1 aromatic heterocycles. The Morgan fingerprint density at radius 1 is 1.20 bits per heavy atom. The summed E-state index contributed by atoms with van der Waals surface area (Å²) in [5.41, 5.74) is 1.77. The van der Waals surface area contributed by atoms with Gasteiger partial charge in [-0.15, -0.1) is 0 Å². The normalized spacial score (nSPS) is 11.9. The van der Waals surface area contributed by atoms with Crippen LogP contribution in [0.3, 0.4) is 0 Å². The number of amides is 1. The van der Waals surface area contributed by atoms with Crippen LogP contribution in [0.4, 0.5) is 11.4 Å². The summed E-state index contributed by atoms with van der Waals surface area (Å²) in [4.78, 5) is 11.3. The highest BCUT2D eigenvalue weighted by Gasteiger charge is 2.09. The first-order valence-corrected chi connectivity index (χ1v) is 7.29. The molecule has 0 saturated carbocycles. The van der Waals surface area contributed by atoms with Crippen molar-refractivity contribution in [3.8, 4) is 0 Å². The van der Waals surface area contributed by atoms with E-state index in [-0.39, 0.29) is 11.9 Å². The number of halogens is 1. The van der Waals surface area contributed by atoms with Crippen LogP contribution in [0, 0.1) is 0 Å². The Morgan fingerprint density at radius 2 is 1.85 bits per heavy atom. The van der Waals surface area contributed by atoms with E-state index in [2.05, 4.69) is 26.6 Å². The highest BCUT2D eigenvalue weighted by atomic mass is 79.9. The second-order valence-electron chi connectivity index (χ2n) is 4.49. The molecule has 1 unspecified atom stereocenters. The molecule has 0 saturated heterocycles. The molecule has 1 heterocycles. The lowest BCUT2D eigenvalue weighted by Gasteiger charge is -2.13. The number of rotatable bonds is 5. The third-order valence-corrected chi connectivity index (χ3v) is 3.32. The monoisotopic (exact) mass is 336 g/mol. The van der Waals surface area contributed by atoms with Crippen molar-refractivity contribution in [2.45, 2.75) is 26.3 Å². The van der Waals surface area contributed by atoms with Gasteiger partial charge in [-0.2, -0.15) is 0 Å². The first-order valence-electron chi connectivity index (χ1n) is 6.50. The highest BCUT2D eigenvalue weighted by molar-refractivity contribution is 9.10. The van der Waals surface area contributed by atoms with Gasteiger partial charge in [-0.25, -0.2) is 0 Å². The zero-order chi connectivity index (χ0) is 14.5. The zero-order valence-electron chi connectivity index (χ0n) is 11.4. The van der Waals surface area contributed by atoms with E-state index < -0.39 is 0 Å². The Bertz CT molecular complexity index is 578. The molecule has 2 rings (SSSR count). The van der Waals surface area contributed by atoms with Crippen LogP contribution >= 0.6 is 15.9 Å². The summed E-state index contributed by atoms with van der Waals surface area (Å²) in [6, 6.07) is 11.5. The van der Waals surface area contributed by atoms with Gasteiger partial charge < -0.3 is 15.1 Å². The number of carbonyl (C=O) groups is 1. The topological polar surface area (TPSA) is 54.3 Å². The van der Waals surface area contributed by atoms with Crippen LogP contribution in [0.15, 0.2) is 45.5 Å². The molecule has 106 valence electrons. The van der Waals surface area contributed by atoms with Gasteiger partial charge in [0, 0.05) is 17.8 Å². The first-order chi connectivity index (χ1) is 9.58. The number of hydrogen-bond acceptors (Lipinski definition) is 3. The standard InChI is InChI=1S/C15H17BrN2O2/c1-3-15(19)18-12-6-4-11(5-7-12)17-10(2)13-8-9-14(16)20-13/h4-10,17H,3H2,1-2H3,(H,18,19). The molecule has 0 fully saturated rings. The van der Waals surface area contributed by atoms with E-state index in [1.165, 1.54) is 0 Å². The Hall–Kier alpha value is -1.75. The number of anilines is 2. The van der Waals surface area contributed by atoms with Crippen molar-refractivity contribution in [3.05, 3.63) is 46.8 Å². The largest absolute Gasteiger partial charge is 0.452 e. The number of hydrogen-bond donors (Lipinski definition) is 2. The van der Waals surface area contributed by atoms with Gasteiger partial charge in [0.15, 0.2) is 4.67 Å². The zero-order valence-corrected chi connectivity index (χ0v) is 13.0. The number of benzene rings is 1. The van der Waals surface area contributed by atoms with E-state index in [0.29, 0.717) is 6.42 Å². The van der Waals surface area contributed by atoms with Gasteiger partial charge in [-0.3, -0.25) is 4.79 Å². The summed E-state index contributed by atoms with van der Waals surface area (Å²) < 4.78 is 6.23. The van der Waals surface area contributed by atoms with Crippen molar-refractivity contribution in [1.82, 2.24) is 0 Å². The average Bonchev–Trinajstić information content (AvgIpc) is 2.87. The first kappa shape index (κ1) is 14.7. The van der Waals surface area contributed by atoms with Crippen molar-refractivity contribution >= 4 is 33.2 Å². The quantitative estimate of drug-likeness (QED) is 0.841. The van der Waals surface area contributed by atoms with E-state index in [1.807, 2.05) is 50.2 Å². The van der Waals surface area contributed by atoms with Gasteiger partial charge in [0.1, 0.15) is 5.76 Å². The molecule has 5 heteroatoms. The maximum atomic E-state index is 11.3. The highest BCUT2D eigenvalue weighted by Crippen LogP contribution is 2.24. The Labute approximate surface area is 126 Å². The van der Waals surface area contributed by atoms with Gasteiger partial charge in [0.05, 0.1) is 6.04 Å². The van der Waals surface area contributed by atoms with Crippen molar-refractivity contribution in [2.75, 3.05) is 10.6 Å². The number of nitrogens with one attached hydrogen (secondary N) is 2. The van der Waals surface area contributed by atoms with E-state index >= 15 is 0 Å². The van der Waals surface area contributed by atoms with Crippen LogP contribution < -0.4 is 10.6 Å². The van der Waals surface area contributed by atoms with Gasteiger partial charge in [0.2, 0.25) is 5.91 Å². The minimum Gasteiger partial charge on any atom is -0.452 e. The second-order valence-corrected chi connectivity index (χ2v) is 5.27. The smallest absolute Gasteiger partial charge is 0.224 e. The molecule has 0 bridgehead atoms. The van der Waals surface area contributed by atoms with Gasteiger partial charge in [-0.1, -0.05) is 6.92 Å². The van der Waals surface area contributed by atoms with Gasteiger partial charge in [0.25, 0.3) is 0 Å². The molecule has 1 atom stereocenters. The molecule has 20 heavy (non-hydrogen) atoms. The summed E-state index contributed by atoms with van der Waals surface area (Å²) in [5, 5.41) is 6.15. The summed E-state index contributed by atoms with van der Waals surface area (Å²) in [6.45, 7) is 3.85. The lowest BCUT2D eigenvalue weighted by Crippen LogP contribution is -2.09. The fourth-order valence-corrected chi connectivity index (χ4v) is 2.10. The third kappa shape index (κ3) is 3.87. The molecule has 0 aliphatic heterocycles. The molecule has 2 aromatic rings. The van der Waals surface area contributed by atoms with Crippen LogP contribution in [0.2, 0.25) is 0 Å². The fourth-order valence-electron chi connectivity index (χ4n) is 1.78. The molecule has 4 nitrogen and oxygen atoms in total. The Morgan fingerprint density at radius 3 is 2.40 bits per heavy atom. The predicted molar refractivity (Wildman–Crippen MR) is 83.8 cm³/mol. The minimum absolute atomic E-state index is 0.0134. The molecule has 2 N–H and O–H groups in total. The minimum atomic E-state index is 0.0134. The van der Waals surface area contributed by atoms with Crippen molar-refractivity contribution in [2.24, 2.45) is 0 Å². The number of carbonyl (C=O) groups excluding carboxylic acids is 1. The van der Waals surface area contributed by atoms with E-state index in [4.69, 9.17) is 4.42 Å². The molecular formula is C15H17BrN2O2. The van der Waals surface area contributed by atoms with Gasteiger partial charge >= 0.3 is 0 Å². The lowest BCUT2D eigenvalue weighted by molar-refractivity contribution is -0.115. The fraction of sp³-hybridized carbons (Fsp3) is 0.267. The molecule has 0 spiro atoms. The summed E-state index contributed by atoms with van der Waals surface area (Å²) in [5.74, 6) is 0.875. The molecule has 0 aliphatic rings. The summed E-state index contributed by atoms with van der Waals surface area (Å²) >= 11 is 3.29. The van der Waals surface area contributed by atoms with Crippen LogP contribution in [-0.2, 0) is 4.79 Å². The van der Waals surface area contributed by atoms with Crippen molar-refractivity contribution in [3.63, 3.8) is 0 Å². The average molecular weight is 337 g/mol.